The first kappa shape index (κ1) is 15.3. The number of amides is 3. The number of imide groups is 1. The topological polar surface area (TPSA) is 89.9 Å². The van der Waals surface area contributed by atoms with E-state index in [1.54, 1.807) is 0 Å². The Morgan fingerprint density at radius 3 is 2.59 bits per heavy atom. The molecule has 0 bridgehead atoms. The molecule has 3 amide bonds. The van der Waals surface area contributed by atoms with Crippen molar-refractivity contribution < 1.29 is 19.5 Å². The van der Waals surface area contributed by atoms with Gasteiger partial charge in [0.1, 0.15) is 11.6 Å². The van der Waals surface area contributed by atoms with Crippen LogP contribution in [0.3, 0.4) is 0 Å². The summed E-state index contributed by atoms with van der Waals surface area (Å²) in [5, 5.41) is 12.1. The highest BCUT2D eigenvalue weighted by molar-refractivity contribution is 6.07. The van der Waals surface area contributed by atoms with Gasteiger partial charge in [-0.25, -0.2) is 4.79 Å². The van der Waals surface area contributed by atoms with Crippen LogP contribution in [0.5, 0.6) is 0 Å². The van der Waals surface area contributed by atoms with Gasteiger partial charge in [0.15, 0.2) is 0 Å². The van der Waals surface area contributed by atoms with Crippen LogP contribution in [0.2, 0.25) is 0 Å². The summed E-state index contributed by atoms with van der Waals surface area (Å²) in [5.74, 6) is -0.942. The van der Waals surface area contributed by atoms with Gasteiger partial charge in [0.05, 0.1) is 0 Å². The summed E-state index contributed by atoms with van der Waals surface area (Å²) in [6.45, 7) is 1.42. The first-order chi connectivity index (χ1) is 10.5. The number of aliphatic carboxylic acids is 1. The number of carboxylic acid groups (broad SMARTS) is 1. The number of nitrogens with zero attached hydrogens (tertiary/aromatic N) is 2. The molecule has 3 fully saturated rings. The molecule has 22 heavy (non-hydrogen) atoms. The predicted octanol–water partition coefficient (Wildman–Crippen LogP) is 0.790. The minimum atomic E-state index is -0.816. The highest BCUT2D eigenvalue weighted by atomic mass is 16.4. The van der Waals surface area contributed by atoms with Crippen molar-refractivity contribution >= 4 is 17.9 Å². The molecular formula is C15H23N3O4. The second kappa shape index (κ2) is 5.87. The molecule has 0 aromatic carbocycles. The number of hydrogen-bond acceptors (Lipinski definition) is 4. The van der Waals surface area contributed by atoms with Crippen molar-refractivity contribution in [3.05, 3.63) is 0 Å². The maximum absolute atomic E-state index is 12.5. The normalized spacial score (nSPS) is 28.4. The second-order valence-corrected chi connectivity index (χ2v) is 6.56. The lowest BCUT2D eigenvalue weighted by Crippen LogP contribution is -2.49. The molecule has 1 atom stereocenters. The number of carboxylic acids is 1. The number of likely N-dealkylation sites (tertiary alicyclic amines) is 1. The van der Waals surface area contributed by atoms with Crippen molar-refractivity contribution in [2.75, 3.05) is 19.6 Å². The fraction of sp³-hybridized carbons (Fsp3) is 0.800. The van der Waals surface area contributed by atoms with E-state index in [4.69, 9.17) is 0 Å². The van der Waals surface area contributed by atoms with Crippen molar-refractivity contribution in [3.63, 3.8) is 0 Å². The summed E-state index contributed by atoms with van der Waals surface area (Å²) in [7, 11) is 0. The average Bonchev–Trinajstić information content (AvgIpc) is 3.05. The Hall–Kier alpha value is -1.63. The molecule has 7 heteroatoms. The Morgan fingerprint density at radius 1 is 1.18 bits per heavy atom. The zero-order valence-electron chi connectivity index (χ0n) is 12.7. The number of carbonyl (C=O) groups excluding carboxylic acids is 2. The number of carbonyl (C=O) groups is 3. The average molecular weight is 309 g/mol. The largest absolute Gasteiger partial charge is 0.480 e. The molecule has 3 aliphatic rings. The summed E-state index contributed by atoms with van der Waals surface area (Å²) in [5.41, 5.74) is -0.675. The Labute approximate surface area is 129 Å². The lowest BCUT2D eigenvalue weighted by atomic mass is 9.98. The molecular weight excluding hydrogens is 286 g/mol. The van der Waals surface area contributed by atoms with Gasteiger partial charge in [0, 0.05) is 13.1 Å². The summed E-state index contributed by atoms with van der Waals surface area (Å²) in [6, 6.07) is -0.814. The quantitative estimate of drug-likeness (QED) is 0.749. The Morgan fingerprint density at radius 2 is 1.91 bits per heavy atom. The van der Waals surface area contributed by atoms with E-state index in [9.17, 15) is 19.5 Å². The summed E-state index contributed by atoms with van der Waals surface area (Å²) < 4.78 is 0. The highest BCUT2D eigenvalue weighted by Gasteiger charge is 2.52. The molecule has 2 saturated heterocycles. The van der Waals surface area contributed by atoms with Crippen LogP contribution in [-0.2, 0) is 9.59 Å². The van der Waals surface area contributed by atoms with E-state index in [1.165, 1.54) is 4.90 Å². The molecule has 2 heterocycles. The van der Waals surface area contributed by atoms with Crippen LogP contribution >= 0.6 is 0 Å². The molecule has 2 N–H and O–H groups in total. The standard InChI is InChI=1S/C15H23N3O4/c19-12(20)11-5-1-4-8-17(11)9-10-18-13(21)15(16-14(18)22)6-2-3-7-15/h11H,1-10H2,(H,16,22)(H,19,20). The van der Waals surface area contributed by atoms with Gasteiger partial charge in [-0.05, 0) is 32.2 Å². The summed E-state index contributed by atoms with van der Waals surface area (Å²) >= 11 is 0. The van der Waals surface area contributed by atoms with Gasteiger partial charge in [-0.2, -0.15) is 0 Å². The Bertz CT molecular complexity index is 487. The van der Waals surface area contributed by atoms with Crippen molar-refractivity contribution in [2.24, 2.45) is 0 Å². The van der Waals surface area contributed by atoms with Gasteiger partial charge in [-0.15, -0.1) is 0 Å². The van der Waals surface area contributed by atoms with Crippen molar-refractivity contribution in [1.82, 2.24) is 15.1 Å². The molecule has 0 aromatic rings. The van der Waals surface area contributed by atoms with E-state index in [-0.39, 0.29) is 18.5 Å². The maximum atomic E-state index is 12.5. The van der Waals surface area contributed by atoms with Gasteiger partial charge in [-0.3, -0.25) is 19.4 Å². The van der Waals surface area contributed by atoms with Crippen molar-refractivity contribution in [2.45, 2.75) is 56.5 Å². The monoisotopic (exact) mass is 309 g/mol. The minimum Gasteiger partial charge on any atom is -0.480 e. The maximum Gasteiger partial charge on any atom is 0.325 e. The molecule has 0 radical (unpaired) electrons. The smallest absolute Gasteiger partial charge is 0.325 e. The second-order valence-electron chi connectivity index (χ2n) is 6.56. The fourth-order valence-corrected chi connectivity index (χ4v) is 3.96. The van der Waals surface area contributed by atoms with Gasteiger partial charge in [0.25, 0.3) is 5.91 Å². The van der Waals surface area contributed by atoms with Crippen LogP contribution in [0.1, 0.15) is 44.9 Å². The van der Waals surface area contributed by atoms with E-state index in [1.807, 2.05) is 4.90 Å². The van der Waals surface area contributed by atoms with Gasteiger partial charge in [0.2, 0.25) is 0 Å². The first-order valence-corrected chi connectivity index (χ1v) is 8.14. The van der Waals surface area contributed by atoms with Crippen molar-refractivity contribution in [3.8, 4) is 0 Å². The van der Waals surface area contributed by atoms with E-state index < -0.39 is 17.6 Å². The molecule has 3 rings (SSSR count). The molecule has 1 saturated carbocycles. The zero-order chi connectivity index (χ0) is 15.7. The predicted molar refractivity (Wildman–Crippen MR) is 78.3 cm³/mol. The summed E-state index contributed by atoms with van der Waals surface area (Å²) in [4.78, 5) is 39.1. The third-order valence-electron chi connectivity index (χ3n) is 5.21. The summed E-state index contributed by atoms with van der Waals surface area (Å²) in [6.07, 6.45) is 5.89. The zero-order valence-corrected chi connectivity index (χ0v) is 12.7. The van der Waals surface area contributed by atoms with Gasteiger partial charge in [-0.1, -0.05) is 19.3 Å². The lowest BCUT2D eigenvalue weighted by molar-refractivity contribution is -0.144. The molecule has 1 aliphatic carbocycles. The third-order valence-corrected chi connectivity index (χ3v) is 5.21. The van der Waals surface area contributed by atoms with Gasteiger partial charge >= 0.3 is 12.0 Å². The number of rotatable bonds is 4. The van der Waals surface area contributed by atoms with E-state index in [0.29, 0.717) is 19.5 Å². The van der Waals surface area contributed by atoms with Crippen molar-refractivity contribution in [1.29, 1.82) is 0 Å². The molecule has 122 valence electrons. The fourth-order valence-electron chi connectivity index (χ4n) is 3.96. The number of urea groups is 1. The van der Waals surface area contributed by atoms with Crippen LogP contribution in [-0.4, -0.2) is 64.0 Å². The molecule has 2 aliphatic heterocycles. The van der Waals surface area contributed by atoms with Gasteiger partial charge < -0.3 is 10.4 Å². The van der Waals surface area contributed by atoms with E-state index in [0.717, 1.165) is 38.5 Å². The molecule has 0 aromatic heterocycles. The molecule has 7 nitrogen and oxygen atoms in total. The van der Waals surface area contributed by atoms with E-state index in [2.05, 4.69) is 5.32 Å². The first-order valence-electron chi connectivity index (χ1n) is 8.14. The Balaban J connectivity index is 1.62. The van der Waals surface area contributed by atoms with Crippen LogP contribution in [0.4, 0.5) is 4.79 Å². The van der Waals surface area contributed by atoms with Crippen LogP contribution in [0.25, 0.3) is 0 Å². The minimum absolute atomic E-state index is 0.126. The molecule has 1 spiro atoms. The van der Waals surface area contributed by atoms with Crippen LogP contribution in [0, 0.1) is 0 Å². The number of piperidine rings is 1. The lowest BCUT2D eigenvalue weighted by Gasteiger charge is -2.33. The van der Waals surface area contributed by atoms with E-state index >= 15 is 0 Å². The third kappa shape index (κ3) is 2.58. The highest BCUT2D eigenvalue weighted by Crippen LogP contribution is 2.35. The van der Waals surface area contributed by atoms with Crippen LogP contribution in [0.15, 0.2) is 0 Å². The van der Waals surface area contributed by atoms with Crippen LogP contribution < -0.4 is 5.32 Å². The SMILES string of the molecule is O=C(O)C1CCCCN1CCN1C(=O)NC2(CCCC2)C1=O. The number of hydrogen-bond donors (Lipinski definition) is 2. The number of nitrogens with one attached hydrogen (secondary N) is 1. The molecule has 1 unspecified atom stereocenters. The Kier molecular flexibility index (Phi) is 4.08.